The van der Waals surface area contributed by atoms with Gasteiger partial charge in [0.15, 0.2) is 6.67 Å². The van der Waals surface area contributed by atoms with E-state index in [-0.39, 0.29) is 0 Å². The Morgan fingerprint density at radius 2 is 1.95 bits per heavy atom. The molecular formula is C14H18N3O2S+. The molecule has 1 N–H and O–H groups in total. The number of benzene rings is 1. The SMILES string of the molecule is S=c1oc(Cc2ccccc2)nn1C[NH+]1CCOCC1. The molecule has 20 heavy (non-hydrogen) atoms. The monoisotopic (exact) mass is 292 g/mol. The molecule has 0 aliphatic carbocycles. The van der Waals surface area contributed by atoms with Gasteiger partial charge in [-0.1, -0.05) is 30.3 Å². The standard InChI is InChI=1S/C14H17N3O2S/c20-14-17(11-16-6-8-18-9-7-16)15-13(19-14)10-12-4-2-1-3-5-12/h1-5H,6-11H2/p+1. The third-order valence-electron chi connectivity index (χ3n) is 3.42. The van der Waals surface area contributed by atoms with E-state index in [4.69, 9.17) is 21.4 Å². The van der Waals surface area contributed by atoms with Crippen LogP contribution in [0.4, 0.5) is 0 Å². The minimum atomic E-state index is 0.454. The minimum Gasteiger partial charge on any atom is -0.413 e. The van der Waals surface area contributed by atoms with E-state index in [0.29, 0.717) is 17.1 Å². The lowest BCUT2D eigenvalue weighted by atomic mass is 10.2. The molecule has 1 aromatic carbocycles. The van der Waals surface area contributed by atoms with Crippen molar-refractivity contribution in [3.05, 3.63) is 46.6 Å². The quantitative estimate of drug-likeness (QED) is 0.841. The van der Waals surface area contributed by atoms with Crippen molar-refractivity contribution in [3.8, 4) is 0 Å². The van der Waals surface area contributed by atoms with Crippen molar-refractivity contribution < 1.29 is 14.1 Å². The molecule has 0 saturated carbocycles. The highest BCUT2D eigenvalue weighted by Gasteiger charge is 2.16. The van der Waals surface area contributed by atoms with Crippen molar-refractivity contribution in [3.63, 3.8) is 0 Å². The average Bonchev–Trinajstić information content (AvgIpc) is 2.81. The minimum absolute atomic E-state index is 0.454. The molecule has 0 bridgehead atoms. The van der Waals surface area contributed by atoms with E-state index in [1.54, 1.807) is 4.68 Å². The third kappa shape index (κ3) is 3.33. The molecule has 1 aliphatic rings. The fraction of sp³-hybridized carbons (Fsp3) is 0.429. The summed E-state index contributed by atoms with van der Waals surface area (Å²) in [5, 5.41) is 4.48. The number of hydrogen-bond acceptors (Lipinski definition) is 4. The Morgan fingerprint density at radius 1 is 1.20 bits per heavy atom. The molecule has 0 radical (unpaired) electrons. The van der Waals surface area contributed by atoms with Crippen molar-refractivity contribution >= 4 is 12.2 Å². The fourth-order valence-electron chi connectivity index (χ4n) is 2.32. The summed E-state index contributed by atoms with van der Waals surface area (Å²) in [6, 6.07) is 10.1. The summed E-state index contributed by atoms with van der Waals surface area (Å²) in [6.45, 7) is 4.33. The van der Waals surface area contributed by atoms with Gasteiger partial charge in [-0.25, -0.2) is 0 Å². The van der Waals surface area contributed by atoms with Gasteiger partial charge in [-0.05, 0) is 17.8 Å². The van der Waals surface area contributed by atoms with E-state index in [1.807, 2.05) is 18.2 Å². The van der Waals surface area contributed by atoms with Crippen molar-refractivity contribution in [2.75, 3.05) is 26.3 Å². The summed E-state index contributed by atoms with van der Waals surface area (Å²) >= 11 is 5.25. The molecule has 0 amide bonds. The lowest BCUT2D eigenvalue weighted by molar-refractivity contribution is -0.931. The van der Waals surface area contributed by atoms with Crippen LogP contribution in [-0.2, 0) is 17.8 Å². The van der Waals surface area contributed by atoms with E-state index >= 15 is 0 Å². The number of aromatic nitrogens is 2. The molecular weight excluding hydrogens is 274 g/mol. The smallest absolute Gasteiger partial charge is 0.291 e. The Hall–Kier alpha value is -1.50. The zero-order valence-electron chi connectivity index (χ0n) is 11.2. The normalized spacial score (nSPS) is 16.4. The number of ether oxygens (including phenoxy) is 1. The van der Waals surface area contributed by atoms with Crippen LogP contribution < -0.4 is 4.90 Å². The highest BCUT2D eigenvalue weighted by atomic mass is 32.1. The Morgan fingerprint density at radius 3 is 2.70 bits per heavy atom. The maximum Gasteiger partial charge on any atom is 0.291 e. The second kappa shape index (κ2) is 6.30. The van der Waals surface area contributed by atoms with Crippen LogP contribution in [0.5, 0.6) is 0 Å². The van der Waals surface area contributed by atoms with Gasteiger partial charge >= 0.3 is 0 Å². The summed E-state index contributed by atoms with van der Waals surface area (Å²) in [4.78, 5) is 1.88. The highest BCUT2D eigenvalue weighted by Crippen LogP contribution is 2.07. The van der Waals surface area contributed by atoms with Crippen molar-refractivity contribution in [1.82, 2.24) is 9.78 Å². The van der Waals surface area contributed by atoms with Crippen LogP contribution in [0.1, 0.15) is 11.5 Å². The Bertz CT molecular complexity index is 602. The molecule has 2 aromatic rings. The molecule has 1 aliphatic heterocycles. The van der Waals surface area contributed by atoms with Gasteiger partial charge in [0, 0.05) is 0 Å². The second-order valence-corrected chi connectivity index (χ2v) is 5.29. The van der Waals surface area contributed by atoms with Crippen LogP contribution in [-0.4, -0.2) is 36.1 Å². The zero-order chi connectivity index (χ0) is 13.8. The van der Waals surface area contributed by atoms with Crippen LogP contribution in [0.25, 0.3) is 0 Å². The molecule has 3 rings (SSSR count). The molecule has 0 spiro atoms. The molecule has 6 heteroatoms. The summed E-state index contributed by atoms with van der Waals surface area (Å²) < 4.78 is 12.7. The first-order chi connectivity index (χ1) is 9.81. The molecule has 5 nitrogen and oxygen atoms in total. The molecule has 1 aromatic heterocycles. The Balaban J connectivity index is 1.69. The van der Waals surface area contributed by atoms with Crippen molar-refractivity contribution in [2.24, 2.45) is 0 Å². The first-order valence-corrected chi connectivity index (χ1v) is 7.24. The van der Waals surface area contributed by atoms with E-state index in [0.717, 1.165) is 33.0 Å². The summed E-state index contributed by atoms with van der Waals surface area (Å²) in [6.07, 6.45) is 0.677. The van der Waals surface area contributed by atoms with Gasteiger partial charge < -0.3 is 14.1 Å². The first kappa shape index (κ1) is 13.5. The fourth-order valence-corrected chi connectivity index (χ4v) is 2.52. The van der Waals surface area contributed by atoms with Crippen LogP contribution in [0, 0.1) is 4.84 Å². The number of nitrogens with zero attached hydrogens (tertiary/aromatic N) is 2. The van der Waals surface area contributed by atoms with Gasteiger partial charge in [0.25, 0.3) is 4.84 Å². The van der Waals surface area contributed by atoms with Gasteiger partial charge in [-0.2, -0.15) is 4.68 Å². The number of morpholine rings is 1. The summed E-state index contributed by atoms with van der Waals surface area (Å²) in [7, 11) is 0. The van der Waals surface area contributed by atoms with E-state index in [9.17, 15) is 0 Å². The van der Waals surface area contributed by atoms with Gasteiger partial charge in [-0.3, -0.25) is 0 Å². The topological polar surface area (TPSA) is 44.6 Å². The Labute approximate surface area is 122 Å². The number of nitrogens with one attached hydrogen (secondary N) is 1. The molecule has 1 fully saturated rings. The average molecular weight is 292 g/mol. The van der Waals surface area contributed by atoms with Crippen LogP contribution in [0.2, 0.25) is 0 Å². The molecule has 1 saturated heterocycles. The number of hydrogen-bond donors (Lipinski definition) is 1. The van der Waals surface area contributed by atoms with Crippen molar-refractivity contribution in [2.45, 2.75) is 13.1 Å². The third-order valence-corrected chi connectivity index (χ3v) is 3.71. The van der Waals surface area contributed by atoms with Crippen LogP contribution >= 0.6 is 12.2 Å². The van der Waals surface area contributed by atoms with E-state index in [2.05, 4.69) is 17.2 Å². The first-order valence-electron chi connectivity index (χ1n) is 6.83. The van der Waals surface area contributed by atoms with E-state index < -0.39 is 0 Å². The molecule has 106 valence electrons. The largest absolute Gasteiger partial charge is 0.413 e. The lowest BCUT2D eigenvalue weighted by Gasteiger charge is -2.22. The van der Waals surface area contributed by atoms with Gasteiger partial charge in [0.05, 0.1) is 19.6 Å². The van der Waals surface area contributed by atoms with E-state index in [1.165, 1.54) is 10.5 Å². The van der Waals surface area contributed by atoms with Gasteiger partial charge in [-0.15, -0.1) is 5.10 Å². The van der Waals surface area contributed by atoms with Crippen LogP contribution in [0.3, 0.4) is 0 Å². The van der Waals surface area contributed by atoms with Gasteiger partial charge in [0.1, 0.15) is 13.1 Å². The molecule has 0 unspecified atom stereocenters. The second-order valence-electron chi connectivity index (χ2n) is 4.94. The van der Waals surface area contributed by atoms with Crippen molar-refractivity contribution in [1.29, 1.82) is 0 Å². The zero-order valence-corrected chi connectivity index (χ0v) is 12.1. The Kier molecular flexibility index (Phi) is 4.25. The number of rotatable bonds is 4. The molecule has 2 heterocycles. The number of quaternary nitrogens is 1. The predicted molar refractivity (Wildman–Crippen MR) is 76.1 cm³/mol. The highest BCUT2D eigenvalue weighted by molar-refractivity contribution is 7.71. The lowest BCUT2D eigenvalue weighted by Crippen LogP contribution is -3.13. The molecule has 0 atom stereocenters. The summed E-state index contributed by atoms with van der Waals surface area (Å²) in [5.41, 5.74) is 1.18. The maximum absolute atomic E-state index is 5.58. The van der Waals surface area contributed by atoms with Gasteiger partial charge in [0.2, 0.25) is 5.89 Å². The maximum atomic E-state index is 5.58. The summed E-state index contributed by atoms with van der Waals surface area (Å²) in [5.74, 6) is 0.675. The predicted octanol–water partition coefficient (Wildman–Crippen LogP) is 0.669. The van der Waals surface area contributed by atoms with Crippen LogP contribution in [0.15, 0.2) is 34.7 Å².